The Labute approximate surface area is 422 Å². The number of rotatable bonds is 6. The van der Waals surface area contributed by atoms with Crippen molar-refractivity contribution in [1.82, 2.24) is 0 Å². The minimum absolute atomic E-state index is 0.00723. The molecule has 3 aliphatic rings. The van der Waals surface area contributed by atoms with E-state index in [-0.39, 0.29) is 23.0 Å². The van der Waals surface area contributed by atoms with Gasteiger partial charge in [0.05, 0.1) is 5.69 Å². The lowest BCUT2D eigenvalue weighted by Gasteiger charge is -2.42. The van der Waals surface area contributed by atoms with Crippen molar-refractivity contribution >= 4 is 86.0 Å². The topological polar surface area (TPSA) is 15.7 Å². The van der Waals surface area contributed by atoms with Gasteiger partial charge in [-0.2, -0.15) is 0 Å². The first-order valence-corrected chi connectivity index (χ1v) is 27.4. The SMILES string of the molecule is CC(C)(C)c1ccc(N(c2ccccc2)c2cc3c4c(c2)N(c2ccc(C(C)(C)C)cc2)c2cc5c(cc2B4c2cc(C(C)(C)C)ccc2O3)-c2ccccc2[Si]5(c2ccccc2)c2ccccc2)cc1. The Bertz CT molecular complexity index is 3460. The van der Waals surface area contributed by atoms with Crippen molar-refractivity contribution in [2.24, 2.45) is 0 Å². The van der Waals surface area contributed by atoms with Gasteiger partial charge in [0.2, 0.25) is 0 Å². The number of hydrogen-bond acceptors (Lipinski definition) is 3. The van der Waals surface area contributed by atoms with Crippen LogP contribution in [0.3, 0.4) is 0 Å². The smallest absolute Gasteiger partial charge is 0.256 e. The molecule has 3 nitrogen and oxygen atoms in total. The van der Waals surface area contributed by atoms with E-state index in [2.05, 4.69) is 278 Å². The summed E-state index contributed by atoms with van der Waals surface area (Å²) in [6, 6.07) is 78.3. The summed E-state index contributed by atoms with van der Waals surface area (Å²) >= 11 is 0. The van der Waals surface area contributed by atoms with Gasteiger partial charge in [-0.05, 0) is 136 Å². The molecule has 0 N–H and O–H groups in total. The minimum atomic E-state index is -2.87. The van der Waals surface area contributed by atoms with Gasteiger partial charge < -0.3 is 14.5 Å². The van der Waals surface area contributed by atoms with Crippen molar-refractivity contribution in [2.45, 2.75) is 78.6 Å². The fourth-order valence-corrected chi connectivity index (χ4v) is 17.0. The molecule has 3 heterocycles. The van der Waals surface area contributed by atoms with Gasteiger partial charge in [0.25, 0.3) is 6.71 Å². The summed E-state index contributed by atoms with van der Waals surface area (Å²) in [6.45, 7) is 20.6. The lowest BCUT2D eigenvalue weighted by molar-refractivity contribution is 0.486. The molecule has 12 rings (SSSR count). The molecule has 0 aromatic heterocycles. The quantitative estimate of drug-likeness (QED) is 0.155. The highest BCUT2D eigenvalue weighted by molar-refractivity contribution is 7.22. The number of fused-ring (bicyclic) bond motifs is 7. The number of anilines is 6. The van der Waals surface area contributed by atoms with Crippen molar-refractivity contribution in [2.75, 3.05) is 9.80 Å². The molecule has 71 heavy (non-hydrogen) atoms. The summed E-state index contributed by atoms with van der Waals surface area (Å²) in [5.74, 6) is 1.79. The molecule has 0 aliphatic carbocycles. The van der Waals surface area contributed by atoms with Crippen LogP contribution in [0.1, 0.15) is 79.0 Å². The third-order valence-electron chi connectivity index (χ3n) is 15.5. The first-order valence-electron chi connectivity index (χ1n) is 25.4. The number of para-hydroxylation sites is 1. The van der Waals surface area contributed by atoms with Crippen molar-refractivity contribution in [3.8, 4) is 22.6 Å². The average molecular weight is 937 g/mol. The van der Waals surface area contributed by atoms with Crippen molar-refractivity contribution in [3.05, 3.63) is 223 Å². The Morgan fingerprint density at radius 2 is 0.944 bits per heavy atom. The van der Waals surface area contributed by atoms with Gasteiger partial charge >= 0.3 is 0 Å². The molecule has 0 amide bonds. The van der Waals surface area contributed by atoms with Crippen LogP contribution in [0.25, 0.3) is 11.1 Å². The monoisotopic (exact) mass is 936 g/mol. The predicted octanol–water partition coefficient (Wildman–Crippen LogP) is 12.8. The molecule has 0 saturated carbocycles. The van der Waals surface area contributed by atoms with Gasteiger partial charge in [0.1, 0.15) is 11.5 Å². The molecule has 9 aromatic rings. The van der Waals surface area contributed by atoms with E-state index in [0.717, 1.165) is 39.9 Å². The van der Waals surface area contributed by atoms with E-state index in [1.165, 1.54) is 70.6 Å². The molecular formula is C66H61BN2OSi. The van der Waals surface area contributed by atoms with Crippen LogP contribution >= 0.6 is 0 Å². The van der Waals surface area contributed by atoms with Crippen LogP contribution in [0.5, 0.6) is 11.5 Å². The van der Waals surface area contributed by atoms with Crippen LogP contribution in [0.2, 0.25) is 0 Å². The minimum Gasteiger partial charge on any atom is -0.458 e. The zero-order valence-electron chi connectivity index (χ0n) is 42.5. The van der Waals surface area contributed by atoms with E-state index in [0.29, 0.717) is 0 Å². The fraction of sp³-hybridized carbons (Fsp3) is 0.182. The van der Waals surface area contributed by atoms with Gasteiger partial charge in [-0.15, -0.1) is 0 Å². The summed E-state index contributed by atoms with van der Waals surface area (Å²) in [6.07, 6.45) is 0. The van der Waals surface area contributed by atoms with E-state index < -0.39 is 8.07 Å². The molecule has 0 radical (unpaired) electrons. The maximum absolute atomic E-state index is 7.33. The number of hydrogen-bond donors (Lipinski definition) is 0. The van der Waals surface area contributed by atoms with Crippen LogP contribution in [-0.4, -0.2) is 14.8 Å². The fourth-order valence-electron chi connectivity index (χ4n) is 11.8. The molecule has 5 heteroatoms. The third kappa shape index (κ3) is 7.22. The van der Waals surface area contributed by atoms with E-state index in [1.54, 1.807) is 0 Å². The largest absolute Gasteiger partial charge is 0.458 e. The maximum atomic E-state index is 7.33. The standard InChI is InChI=1S/C66H61BN2OSi/c1-64(2,3)44-29-34-48(35-30-44)68(47-21-13-10-14-22-47)50-40-58-63-60(41-50)70-59-38-33-46(66(7,8)9)39-56(59)67(63)55-42-54-53-27-19-20-28-61(53)71(51-23-15-11-16-24-51,52-25-17-12-18-26-52)62(54)43-57(55)69(58)49-36-31-45(32-37-49)65(4,5)6/h10-43H,1-9H3. The molecule has 0 fully saturated rings. The van der Waals surface area contributed by atoms with E-state index in [4.69, 9.17) is 4.74 Å². The van der Waals surface area contributed by atoms with E-state index in [1.807, 2.05) is 0 Å². The summed E-state index contributed by atoms with van der Waals surface area (Å²) in [7, 11) is -2.87. The second-order valence-electron chi connectivity index (χ2n) is 23.0. The summed E-state index contributed by atoms with van der Waals surface area (Å²) in [4.78, 5) is 4.98. The zero-order valence-corrected chi connectivity index (χ0v) is 43.5. The van der Waals surface area contributed by atoms with Gasteiger partial charge in [0.15, 0.2) is 8.07 Å². The Hall–Kier alpha value is -7.34. The molecule has 3 aliphatic heterocycles. The lowest BCUT2D eigenvalue weighted by Crippen LogP contribution is -2.73. The van der Waals surface area contributed by atoms with Crippen LogP contribution in [-0.2, 0) is 16.2 Å². The van der Waals surface area contributed by atoms with Crippen LogP contribution in [0.15, 0.2) is 206 Å². The molecule has 9 aromatic carbocycles. The Balaban J connectivity index is 1.20. The Morgan fingerprint density at radius 1 is 0.408 bits per heavy atom. The highest BCUT2D eigenvalue weighted by atomic mass is 28.3. The first-order chi connectivity index (χ1) is 34.1. The van der Waals surface area contributed by atoms with Gasteiger partial charge in [-0.3, -0.25) is 0 Å². The maximum Gasteiger partial charge on any atom is 0.256 e. The summed E-state index contributed by atoms with van der Waals surface area (Å²) < 4.78 is 7.33. The molecule has 0 unspecified atom stereocenters. The molecule has 0 spiro atoms. The van der Waals surface area contributed by atoms with Crippen LogP contribution in [0.4, 0.5) is 34.1 Å². The van der Waals surface area contributed by atoms with Gasteiger partial charge in [-0.1, -0.05) is 208 Å². The zero-order chi connectivity index (χ0) is 49.0. The molecule has 0 bridgehead atoms. The highest BCUT2D eigenvalue weighted by Gasteiger charge is 2.51. The summed E-state index contributed by atoms with van der Waals surface area (Å²) in [5.41, 5.74) is 16.9. The molecule has 0 atom stereocenters. The predicted molar refractivity (Wildman–Crippen MR) is 306 cm³/mol. The van der Waals surface area contributed by atoms with Crippen molar-refractivity contribution in [3.63, 3.8) is 0 Å². The van der Waals surface area contributed by atoms with E-state index >= 15 is 0 Å². The molecule has 348 valence electrons. The van der Waals surface area contributed by atoms with Crippen LogP contribution in [0, 0.1) is 0 Å². The average Bonchev–Trinajstić information content (AvgIpc) is 3.66. The van der Waals surface area contributed by atoms with Crippen molar-refractivity contribution in [1.29, 1.82) is 0 Å². The lowest BCUT2D eigenvalue weighted by atomic mass is 9.34. The Kier molecular flexibility index (Phi) is 10.3. The number of ether oxygens (including phenoxy) is 1. The Morgan fingerprint density at radius 3 is 1.55 bits per heavy atom. The normalized spacial score (nSPS) is 14.2. The van der Waals surface area contributed by atoms with Crippen molar-refractivity contribution < 1.29 is 4.74 Å². The second-order valence-corrected chi connectivity index (χ2v) is 26.7. The highest BCUT2D eigenvalue weighted by Crippen LogP contribution is 2.47. The third-order valence-corrected chi connectivity index (χ3v) is 20.3. The summed E-state index contributed by atoms with van der Waals surface area (Å²) in [5, 5.41) is 5.64. The molecular weight excluding hydrogens is 876 g/mol. The molecule has 0 saturated heterocycles. The van der Waals surface area contributed by atoms with Gasteiger partial charge in [0, 0.05) is 34.5 Å². The first kappa shape index (κ1) is 44.8. The number of nitrogens with zero attached hydrogens (tertiary/aromatic N) is 2. The van der Waals surface area contributed by atoms with E-state index in [9.17, 15) is 0 Å². The second kappa shape index (κ2) is 16.4. The van der Waals surface area contributed by atoms with Gasteiger partial charge in [-0.25, -0.2) is 0 Å². The number of benzene rings is 9. The van der Waals surface area contributed by atoms with Crippen LogP contribution < -0.4 is 51.7 Å².